The Balaban J connectivity index is 2.11. The average molecular weight is 273 g/mol. The Morgan fingerprint density at radius 1 is 1.35 bits per heavy atom. The minimum Gasteiger partial charge on any atom is -0.443 e. The number of aromatic nitrogens is 1. The van der Waals surface area contributed by atoms with Gasteiger partial charge in [-0.05, 0) is 33.8 Å². The molecule has 2 aromatic rings. The molecule has 1 heterocycles. The number of carbonyl (C=O) groups excluding carboxylic acids is 1. The lowest BCUT2D eigenvalue weighted by Crippen LogP contribution is -2.29. The summed E-state index contributed by atoms with van der Waals surface area (Å²) in [4.78, 5) is 14.7. The zero-order chi connectivity index (χ0) is 14.8. The number of rotatable bonds is 2. The summed E-state index contributed by atoms with van der Waals surface area (Å²) in [5.74, 6) is 0. The van der Waals surface area contributed by atoms with Gasteiger partial charge in [-0.1, -0.05) is 18.2 Å². The van der Waals surface area contributed by atoms with E-state index in [0.29, 0.717) is 0 Å². The van der Waals surface area contributed by atoms with Gasteiger partial charge in [0, 0.05) is 22.2 Å². The number of carbonyl (C=O) groups is 1. The molecule has 1 amide bonds. The molecule has 1 aromatic carbocycles. The van der Waals surface area contributed by atoms with Crippen LogP contribution in [0.1, 0.15) is 32.0 Å². The largest absolute Gasteiger partial charge is 0.443 e. The van der Waals surface area contributed by atoms with Crippen molar-refractivity contribution in [3.05, 3.63) is 35.5 Å². The van der Waals surface area contributed by atoms with Gasteiger partial charge in [0.1, 0.15) is 5.60 Å². The highest BCUT2D eigenvalue weighted by Crippen LogP contribution is 2.19. The van der Waals surface area contributed by atoms with Gasteiger partial charge in [-0.3, -0.25) is 0 Å². The number of hydrazone groups is 1. The number of aromatic amines is 1. The summed E-state index contributed by atoms with van der Waals surface area (Å²) in [6.07, 6.45) is 1.06. The van der Waals surface area contributed by atoms with Crippen molar-refractivity contribution < 1.29 is 9.53 Å². The van der Waals surface area contributed by atoms with Crippen molar-refractivity contribution in [3.8, 4) is 0 Å². The molecule has 0 saturated carbocycles. The topological polar surface area (TPSA) is 66.5 Å². The van der Waals surface area contributed by atoms with Crippen molar-refractivity contribution in [2.75, 3.05) is 0 Å². The second-order valence-corrected chi connectivity index (χ2v) is 5.58. The molecular weight excluding hydrogens is 254 g/mol. The molecule has 0 bridgehead atoms. The Morgan fingerprint density at radius 3 is 2.75 bits per heavy atom. The second-order valence-electron chi connectivity index (χ2n) is 5.58. The van der Waals surface area contributed by atoms with Crippen LogP contribution in [0.5, 0.6) is 0 Å². The van der Waals surface area contributed by atoms with Crippen molar-refractivity contribution in [3.63, 3.8) is 0 Å². The van der Waals surface area contributed by atoms with Gasteiger partial charge in [-0.25, -0.2) is 10.2 Å². The standard InChI is InChI=1S/C15H19N3O2/c1-10-12(11-7-5-6-8-13(11)17-10)9-16-18-14(19)20-15(2,3)4/h5-9,17H,1-4H3,(H,18,19)/b16-9-. The lowest BCUT2D eigenvalue weighted by atomic mass is 10.1. The van der Waals surface area contributed by atoms with Crippen LogP contribution in [0.15, 0.2) is 29.4 Å². The van der Waals surface area contributed by atoms with Gasteiger partial charge in [0.05, 0.1) is 6.21 Å². The number of benzene rings is 1. The molecule has 0 fully saturated rings. The van der Waals surface area contributed by atoms with Crippen molar-refractivity contribution in [2.45, 2.75) is 33.3 Å². The molecule has 0 unspecified atom stereocenters. The molecule has 0 spiro atoms. The average Bonchev–Trinajstić information content (AvgIpc) is 2.64. The summed E-state index contributed by atoms with van der Waals surface area (Å²) in [5.41, 5.74) is 4.83. The number of H-pyrrole nitrogens is 1. The van der Waals surface area contributed by atoms with E-state index in [1.165, 1.54) is 0 Å². The van der Waals surface area contributed by atoms with Crippen LogP contribution in [-0.2, 0) is 4.74 Å². The number of nitrogens with one attached hydrogen (secondary N) is 2. The predicted octanol–water partition coefficient (Wildman–Crippen LogP) is 3.33. The van der Waals surface area contributed by atoms with E-state index in [2.05, 4.69) is 15.5 Å². The minimum absolute atomic E-state index is 0.531. The Kier molecular flexibility index (Phi) is 3.79. The Bertz CT molecular complexity index is 651. The lowest BCUT2D eigenvalue weighted by Gasteiger charge is -2.18. The number of ether oxygens (including phenoxy) is 1. The first kappa shape index (κ1) is 14.1. The van der Waals surface area contributed by atoms with Crippen LogP contribution >= 0.6 is 0 Å². The van der Waals surface area contributed by atoms with Crippen molar-refractivity contribution in [1.29, 1.82) is 0 Å². The zero-order valence-electron chi connectivity index (χ0n) is 12.2. The fraction of sp³-hybridized carbons (Fsp3) is 0.333. The van der Waals surface area contributed by atoms with Crippen LogP contribution in [0.3, 0.4) is 0 Å². The van der Waals surface area contributed by atoms with E-state index in [1.807, 2.05) is 31.2 Å². The molecule has 0 aliphatic heterocycles. The number of amides is 1. The molecule has 0 atom stereocenters. The van der Waals surface area contributed by atoms with E-state index in [9.17, 15) is 4.79 Å². The first-order valence-corrected chi connectivity index (χ1v) is 6.46. The zero-order valence-corrected chi connectivity index (χ0v) is 12.2. The molecule has 0 aliphatic carbocycles. The third-order valence-electron chi connectivity index (χ3n) is 2.69. The SMILES string of the molecule is Cc1[nH]c2ccccc2c1/C=N\NC(=O)OC(C)(C)C. The van der Waals surface area contributed by atoms with Crippen LogP contribution in [0, 0.1) is 6.92 Å². The van der Waals surface area contributed by atoms with Gasteiger partial charge < -0.3 is 9.72 Å². The van der Waals surface area contributed by atoms with Crippen LogP contribution in [0.25, 0.3) is 10.9 Å². The summed E-state index contributed by atoms with van der Waals surface area (Å²) in [7, 11) is 0. The maximum atomic E-state index is 11.5. The van der Waals surface area contributed by atoms with Crippen LogP contribution in [-0.4, -0.2) is 22.9 Å². The number of fused-ring (bicyclic) bond motifs is 1. The van der Waals surface area contributed by atoms with E-state index in [1.54, 1.807) is 27.0 Å². The summed E-state index contributed by atoms with van der Waals surface area (Å²) < 4.78 is 5.10. The maximum Gasteiger partial charge on any atom is 0.428 e. The number of hydrogen-bond acceptors (Lipinski definition) is 3. The van der Waals surface area contributed by atoms with E-state index < -0.39 is 11.7 Å². The van der Waals surface area contributed by atoms with Gasteiger partial charge >= 0.3 is 6.09 Å². The molecule has 0 aliphatic rings. The van der Waals surface area contributed by atoms with Crippen molar-refractivity contribution >= 4 is 23.2 Å². The fourth-order valence-electron chi connectivity index (χ4n) is 1.92. The highest BCUT2D eigenvalue weighted by Gasteiger charge is 2.15. The highest BCUT2D eigenvalue weighted by molar-refractivity contribution is 6.00. The number of hydrogen-bond donors (Lipinski definition) is 2. The lowest BCUT2D eigenvalue weighted by molar-refractivity contribution is 0.0529. The van der Waals surface area contributed by atoms with Gasteiger partial charge in [-0.15, -0.1) is 0 Å². The first-order valence-electron chi connectivity index (χ1n) is 6.46. The van der Waals surface area contributed by atoms with E-state index in [0.717, 1.165) is 22.2 Å². The van der Waals surface area contributed by atoms with E-state index >= 15 is 0 Å². The first-order chi connectivity index (χ1) is 9.37. The van der Waals surface area contributed by atoms with Crippen molar-refractivity contribution in [2.24, 2.45) is 5.10 Å². The second kappa shape index (κ2) is 5.36. The summed E-state index contributed by atoms with van der Waals surface area (Å²) in [6, 6.07) is 7.95. The van der Waals surface area contributed by atoms with Crippen LogP contribution in [0.2, 0.25) is 0 Å². The molecule has 20 heavy (non-hydrogen) atoms. The molecule has 106 valence electrons. The molecule has 5 heteroatoms. The number of aryl methyl sites for hydroxylation is 1. The Labute approximate surface area is 118 Å². The summed E-state index contributed by atoms with van der Waals surface area (Å²) >= 11 is 0. The molecule has 5 nitrogen and oxygen atoms in total. The molecule has 0 radical (unpaired) electrons. The Hall–Kier alpha value is -2.30. The Morgan fingerprint density at radius 2 is 2.05 bits per heavy atom. The number of nitrogens with zero attached hydrogens (tertiary/aromatic N) is 1. The third-order valence-corrected chi connectivity index (χ3v) is 2.69. The quantitative estimate of drug-likeness (QED) is 0.651. The van der Waals surface area contributed by atoms with E-state index in [-0.39, 0.29) is 0 Å². The van der Waals surface area contributed by atoms with Gasteiger partial charge in [0.15, 0.2) is 0 Å². The smallest absolute Gasteiger partial charge is 0.428 e. The third kappa shape index (κ3) is 3.38. The molecule has 0 saturated heterocycles. The fourth-order valence-corrected chi connectivity index (χ4v) is 1.92. The van der Waals surface area contributed by atoms with E-state index in [4.69, 9.17) is 4.74 Å². The predicted molar refractivity (Wildman–Crippen MR) is 80.0 cm³/mol. The molecule has 2 N–H and O–H groups in total. The molecule has 1 aromatic heterocycles. The number of para-hydroxylation sites is 1. The highest BCUT2D eigenvalue weighted by atomic mass is 16.6. The van der Waals surface area contributed by atoms with Gasteiger partial charge in [0.25, 0.3) is 0 Å². The normalized spacial score (nSPS) is 12.0. The monoisotopic (exact) mass is 273 g/mol. The molecular formula is C15H19N3O2. The summed E-state index contributed by atoms with van der Waals surface area (Å²) in [6.45, 7) is 7.38. The van der Waals surface area contributed by atoms with Gasteiger partial charge in [0.2, 0.25) is 0 Å². The summed E-state index contributed by atoms with van der Waals surface area (Å²) in [5, 5.41) is 5.01. The maximum absolute atomic E-state index is 11.5. The van der Waals surface area contributed by atoms with Gasteiger partial charge in [-0.2, -0.15) is 5.10 Å². The minimum atomic E-state index is -0.564. The molecule has 2 rings (SSSR count). The van der Waals surface area contributed by atoms with Crippen molar-refractivity contribution in [1.82, 2.24) is 10.4 Å². The van der Waals surface area contributed by atoms with Crippen LogP contribution in [0.4, 0.5) is 4.79 Å². The van der Waals surface area contributed by atoms with Crippen LogP contribution < -0.4 is 5.43 Å².